The van der Waals surface area contributed by atoms with Crippen LogP contribution < -0.4 is 5.63 Å². The number of amides is 1. The van der Waals surface area contributed by atoms with E-state index in [-0.39, 0.29) is 11.5 Å². The number of carbonyl (C=O) groups is 1. The zero-order chi connectivity index (χ0) is 20.1. The number of hydrogen-bond donors (Lipinski definition) is 0. The highest BCUT2D eigenvalue weighted by Gasteiger charge is 2.21. The Morgan fingerprint density at radius 1 is 0.931 bits per heavy atom. The first-order valence-electron chi connectivity index (χ1n) is 9.47. The van der Waals surface area contributed by atoms with Crippen LogP contribution in [0.3, 0.4) is 0 Å². The topological polar surface area (TPSA) is 63.4 Å². The van der Waals surface area contributed by atoms with Crippen LogP contribution in [0, 0.1) is 0 Å². The summed E-state index contributed by atoms with van der Waals surface area (Å²) in [7, 11) is 0. The molecule has 0 unspecified atom stereocenters. The molecule has 0 aliphatic carbocycles. The zero-order valence-corrected chi connectivity index (χ0v) is 15.8. The minimum atomic E-state index is -0.626. The highest BCUT2D eigenvalue weighted by Crippen LogP contribution is 2.15. The van der Waals surface area contributed by atoms with Gasteiger partial charge in [0.15, 0.2) is 0 Å². The van der Waals surface area contributed by atoms with Crippen molar-refractivity contribution in [2.45, 2.75) is 13.0 Å². The molecule has 0 saturated carbocycles. The number of carbonyl (C=O) groups excluding carboxylic acids is 1. The first-order valence-corrected chi connectivity index (χ1v) is 9.47. The lowest BCUT2D eigenvalue weighted by molar-refractivity contribution is 0.0739. The van der Waals surface area contributed by atoms with Gasteiger partial charge in [-0.3, -0.25) is 9.78 Å². The van der Waals surface area contributed by atoms with Gasteiger partial charge in [0.05, 0.1) is 12.2 Å². The van der Waals surface area contributed by atoms with Crippen molar-refractivity contribution in [2.75, 3.05) is 6.54 Å². The molecule has 0 aliphatic rings. The molecule has 0 atom stereocenters. The van der Waals surface area contributed by atoms with Crippen LogP contribution in [0.2, 0.25) is 0 Å². The van der Waals surface area contributed by atoms with E-state index in [0.717, 1.165) is 16.6 Å². The van der Waals surface area contributed by atoms with Crippen LogP contribution in [0.25, 0.3) is 11.0 Å². The number of benzene rings is 2. The molecule has 0 saturated heterocycles. The summed E-state index contributed by atoms with van der Waals surface area (Å²) in [6.07, 6.45) is 2.37. The lowest BCUT2D eigenvalue weighted by atomic mass is 10.1. The monoisotopic (exact) mass is 384 g/mol. The van der Waals surface area contributed by atoms with Gasteiger partial charge in [-0.25, -0.2) is 4.79 Å². The van der Waals surface area contributed by atoms with E-state index in [1.807, 2.05) is 60.7 Å². The molecule has 4 rings (SSSR count). The maximum absolute atomic E-state index is 13.3. The molecule has 0 fully saturated rings. The van der Waals surface area contributed by atoms with Crippen molar-refractivity contribution < 1.29 is 9.21 Å². The summed E-state index contributed by atoms with van der Waals surface area (Å²) in [4.78, 5) is 31.7. The molecule has 0 aliphatic heterocycles. The lowest BCUT2D eigenvalue weighted by Crippen LogP contribution is -2.35. The molecule has 0 N–H and O–H groups in total. The molecule has 144 valence electrons. The molecule has 0 radical (unpaired) electrons. The highest BCUT2D eigenvalue weighted by atomic mass is 16.4. The predicted octanol–water partition coefficient (Wildman–Crippen LogP) is 4.07. The third-order valence-corrected chi connectivity index (χ3v) is 4.75. The smallest absolute Gasteiger partial charge is 0.349 e. The Balaban J connectivity index is 1.64. The van der Waals surface area contributed by atoms with Crippen LogP contribution in [-0.4, -0.2) is 22.3 Å². The second-order valence-corrected chi connectivity index (χ2v) is 6.77. The molecule has 2 aromatic heterocycles. The van der Waals surface area contributed by atoms with Crippen molar-refractivity contribution >= 4 is 16.9 Å². The van der Waals surface area contributed by atoms with Gasteiger partial charge >= 0.3 is 5.63 Å². The number of pyridine rings is 1. The zero-order valence-electron chi connectivity index (χ0n) is 15.8. The van der Waals surface area contributed by atoms with E-state index in [0.29, 0.717) is 25.1 Å². The Bertz CT molecular complexity index is 1170. The Morgan fingerprint density at radius 2 is 1.69 bits per heavy atom. The Labute approximate surface area is 168 Å². The Hall–Kier alpha value is -3.73. The number of rotatable bonds is 6. The third kappa shape index (κ3) is 4.41. The number of nitrogens with zero attached hydrogens (tertiary/aromatic N) is 2. The van der Waals surface area contributed by atoms with Crippen LogP contribution in [0.15, 0.2) is 94.3 Å². The number of hydrogen-bond acceptors (Lipinski definition) is 4. The maximum Gasteiger partial charge on any atom is 0.349 e. The predicted molar refractivity (Wildman–Crippen MR) is 112 cm³/mol. The van der Waals surface area contributed by atoms with Crippen LogP contribution in [0.4, 0.5) is 0 Å². The lowest BCUT2D eigenvalue weighted by Gasteiger charge is -2.22. The molecule has 2 aromatic carbocycles. The molecule has 2 heterocycles. The summed E-state index contributed by atoms with van der Waals surface area (Å²) >= 11 is 0. The quantitative estimate of drug-likeness (QED) is 0.470. The van der Waals surface area contributed by atoms with Crippen molar-refractivity contribution in [1.29, 1.82) is 0 Å². The number of aromatic nitrogens is 1. The van der Waals surface area contributed by atoms with Crippen molar-refractivity contribution in [3.8, 4) is 0 Å². The van der Waals surface area contributed by atoms with Crippen molar-refractivity contribution in [1.82, 2.24) is 9.88 Å². The van der Waals surface area contributed by atoms with Crippen LogP contribution >= 0.6 is 0 Å². The second-order valence-electron chi connectivity index (χ2n) is 6.77. The molecular weight excluding hydrogens is 364 g/mol. The number of fused-ring (bicyclic) bond motifs is 1. The highest BCUT2D eigenvalue weighted by molar-refractivity contribution is 5.96. The van der Waals surface area contributed by atoms with E-state index >= 15 is 0 Å². The molecule has 4 aromatic rings. The molecule has 5 heteroatoms. The average Bonchev–Trinajstić information content (AvgIpc) is 2.77. The summed E-state index contributed by atoms with van der Waals surface area (Å²) in [5.74, 6) is -0.355. The van der Waals surface area contributed by atoms with Gasteiger partial charge in [0.2, 0.25) is 0 Å². The van der Waals surface area contributed by atoms with E-state index in [2.05, 4.69) is 4.98 Å². The summed E-state index contributed by atoms with van der Waals surface area (Å²) in [6, 6.07) is 24.3. The Morgan fingerprint density at radius 3 is 2.48 bits per heavy atom. The summed E-state index contributed by atoms with van der Waals surface area (Å²) in [5.41, 5.74) is 1.76. The molecule has 0 spiro atoms. The van der Waals surface area contributed by atoms with Gasteiger partial charge in [0, 0.05) is 18.1 Å². The van der Waals surface area contributed by atoms with Crippen molar-refractivity contribution in [3.05, 3.63) is 112 Å². The largest absolute Gasteiger partial charge is 0.422 e. The molecular formula is C24H20N2O3. The summed E-state index contributed by atoms with van der Waals surface area (Å²) in [5, 5.41) is 0.719. The van der Waals surface area contributed by atoms with Crippen LogP contribution in [0.5, 0.6) is 0 Å². The normalized spacial score (nSPS) is 10.8. The molecule has 5 nitrogen and oxygen atoms in total. The van der Waals surface area contributed by atoms with E-state index in [1.54, 1.807) is 29.3 Å². The first-order chi connectivity index (χ1) is 14.2. The number of para-hydroxylation sites is 1. The van der Waals surface area contributed by atoms with Gasteiger partial charge < -0.3 is 9.32 Å². The van der Waals surface area contributed by atoms with E-state index < -0.39 is 5.63 Å². The van der Waals surface area contributed by atoms with Gasteiger partial charge in [-0.05, 0) is 36.2 Å². The fourth-order valence-corrected chi connectivity index (χ4v) is 3.23. The van der Waals surface area contributed by atoms with Crippen molar-refractivity contribution in [2.24, 2.45) is 0 Å². The fourth-order valence-electron chi connectivity index (χ4n) is 3.23. The average molecular weight is 384 g/mol. The van der Waals surface area contributed by atoms with Crippen LogP contribution in [-0.2, 0) is 13.0 Å². The van der Waals surface area contributed by atoms with Crippen LogP contribution in [0.1, 0.15) is 21.6 Å². The van der Waals surface area contributed by atoms with Gasteiger partial charge in [-0.1, -0.05) is 54.6 Å². The third-order valence-electron chi connectivity index (χ3n) is 4.75. The van der Waals surface area contributed by atoms with Gasteiger partial charge in [0.1, 0.15) is 11.1 Å². The minimum Gasteiger partial charge on any atom is -0.422 e. The molecule has 0 bridgehead atoms. The van der Waals surface area contributed by atoms with Gasteiger partial charge in [-0.2, -0.15) is 0 Å². The van der Waals surface area contributed by atoms with E-state index in [9.17, 15) is 9.59 Å². The SMILES string of the molecule is O=C(c1cc2ccccc2oc1=O)N(CCc1ccccc1)Cc1ccccn1. The Kier molecular flexibility index (Phi) is 5.47. The standard InChI is InChI=1S/C24H20N2O3/c27-23(21-16-19-10-4-5-12-22(19)29-24(21)28)26(17-20-11-6-7-14-25-20)15-13-18-8-2-1-3-9-18/h1-12,14,16H,13,15,17H2. The maximum atomic E-state index is 13.3. The van der Waals surface area contributed by atoms with E-state index in [1.165, 1.54) is 0 Å². The first kappa shape index (κ1) is 18.6. The van der Waals surface area contributed by atoms with Gasteiger partial charge in [-0.15, -0.1) is 0 Å². The molecule has 1 amide bonds. The van der Waals surface area contributed by atoms with Gasteiger partial charge in [0.25, 0.3) is 5.91 Å². The van der Waals surface area contributed by atoms with E-state index in [4.69, 9.17) is 4.42 Å². The molecule has 29 heavy (non-hydrogen) atoms. The fraction of sp³-hybridized carbons (Fsp3) is 0.125. The summed E-state index contributed by atoms with van der Waals surface area (Å²) in [6.45, 7) is 0.782. The minimum absolute atomic E-state index is 0.0349. The van der Waals surface area contributed by atoms with Crippen molar-refractivity contribution in [3.63, 3.8) is 0 Å². The second kappa shape index (κ2) is 8.52. The summed E-state index contributed by atoms with van der Waals surface area (Å²) < 4.78 is 5.36.